The standard InChI is InChI=1S/C12H21N4O4/c1-6-20-10(17)7-13-16-11(8(2)18-4)14-15-12(16)9(3)19-5/h8-9H,6-7H2,1-5H3/q+1/t8-,9-/m0/s1. The van der Waals surface area contributed by atoms with Crippen LogP contribution in [-0.2, 0) is 19.0 Å². The van der Waals surface area contributed by atoms with Gasteiger partial charge in [0.05, 0.1) is 6.61 Å². The molecule has 0 spiro atoms. The molecular formula is C12H21N4O4+. The number of carbonyl (C=O) groups excluding carboxylic acids is 1. The molecule has 8 nitrogen and oxygen atoms in total. The maximum absolute atomic E-state index is 11.4. The summed E-state index contributed by atoms with van der Waals surface area (Å²) in [6, 6.07) is 0. The Bertz CT molecular complexity index is 408. The molecule has 1 rings (SSSR count). The Labute approximate surface area is 118 Å². The summed E-state index contributed by atoms with van der Waals surface area (Å²) in [5.74, 6) is 0.611. The topological polar surface area (TPSA) is 89.6 Å². The van der Waals surface area contributed by atoms with Crippen molar-refractivity contribution in [2.75, 3.05) is 27.4 Å². The van der Waals surface area contributed by atoms with Crippen molar-refractivity contribution in [1.82, 2.24) is 20.3 Å². The fourth-order valence-corrected chi connectivity index (χ4v) is 1.50. The molecule has 0 bridgehead atoms. The molecule has 0 aliphatic rings. The van der Waals surface area contributed by atoms with E-state index in [0.29, 0.717) is 18.3 Å². The fraction of sp³-hybridized carbons (Fsp3) is 0.750. The largest absolute Gasteiger partial charge is 0.461 e. The number of methoxy groups -OCH3 is 2. The summed E-state index contributed by atoms with van der Waals surface area (Å²) in [7, 11) is 3.13. The third kappa shape index (κ3) is 3.99. The van der Waals surface area contributed by atoms with Gasteiger partial charge in [-0.05, 0) is 25.4 Å². The second-order valence-corrected chi connectivity index (χ2v) is 4.09. The number of hydrogen-bond acceptors (Lipinski definition) is 6. The highest BCUT2D eigenvalue weighted by atomic mass is 16.5. The van der Waals surface area contributed by atoms with Crippen LogP contribution in [0.2, 0.25) is 0 Å². The van der Waals surface area contributed by atoms with Gasteiger partial charge >= 0.3 is 12.5 Å². The van der Waals surface area contributed by atoms with Crippen molar-refractivity contribution in [3.8, 4) is 0 Å². The highest BCUT2D eigenvalue weighted by molar-refractivity contribution is 5.71. The van der Waals surface area contributed by atoms with E-state index in [4.69, 9.17) is 14.2 Å². The van der Waals surface area contributed by atoms with E-state index in [1.807, 2.05) is 13.8 Å². The minimum Gasteiger partial charge on any atom is -0.461 e. The van der Waals surface area contributed by atoms with Crippen LogP contribution in [0, 0.1) is 0 Å². The molecule has 1 aromatic heterocycles. The summed E-state index contributed by atoms with van der Waals surface area (Å²) in [5.41, 5.74) is 4.18. The van der Waals surface area contributed by atoms with E-state index in [2.05, 4.69) is 15.6 Å². The lowest BCUT2D eigenvalue weighted by atomic mass is 10.3. The van der Waals surface area contributed by atoms with E-state index in [9.17, 15) is 4.79 Å². The van der Waals surface area contributed by atoms with Gasteiger partial charge in [-0.1, -0.05) is 0 Å². The number of rotatable bonds is 8. The zero-order valence-electron chi connectivity index (χ0n) is 12.5. The van der Waals surface area contributed by atoms with Crippen molar-refractivity contribution >= 4 is 5.97 Å². The second kappa shape index (κ2) is 7.93. The molecule has 0 aliphatic heterocycles. The first-order chi connectivity index (χ1) is 9.54. The molecule has 8 heteroatoms. The molecule has 2 atom stereocenters. The van der Waals surface area contributed by atoms with E-state index in [0.717, 1.165) is 0 Å². The van der Waals surface area contributed by atoms with Gasteiger partial charge in [0, 0.05) is 14.2 Å². The maximum Gasteiger partial charge on any atom is 0.377 e. The molecule has 20 heavy (non-hydrogen) atoms. The zero-order valence-corrected chi connectivity index (χ0v) is 12.5. The first-order valence-electron chi connectivity index (χ1n) is 6.39. The van der Waals surface area contributed by atoms with Gasteiger partial charge in [-0.15, -0.1) is 10.2 Å². The Kier molecular flexibility index (Phi) is 6.56. The van der Waals surface area contributed by atoms with Crippen LogP contribution in [0.1, 0.15) is 44.6 Å². The lowest BCUT2D eigenvalue weighted by Gasteiger charge is -2.07. The first-order valence-corrected chi connectivity index (χ1v) is 6.39. The molecule has 0 saturated heterocycles. The molecule has 2 radical (unpaired) electrons. The monoisotopic (exact) mass is 285 g/mol. The van der Waals surface area contributed by atoms with E-state index < -0.39 is 5.97 Å². The summed E-state index contributed by atoms with van der Waals surface area (Å²) in [6.07, 6.45) is -0.600. The highest BCUT2D eigenvalue weighted by Gasteiger charge is 2.30. The highest BCUT2D eigenvalue weighted by Crippen LogP contribution is 2.19. The quantitative estimate of drug-likeness (QED) is 0.651. The van der Waals surface area contributed by atoms with E-state index >= 15 is 0 Å². The van der Waals surface area contributed by atoms with Crippen LogP contribution in [0.25, 0.3) is 0 Å². The normalized spacial score (nSPS) is 14.1. The number of aromatic nitrogens is 3. The van der Waals surface area contributed by atoms with Crippen molar-refractivity contribution in [3.05, 3.63) is 11.6 Å². The molecule has 0 aromatic carbocycles. The summed E-state index contributed by atoms with van der Waals surface area (Å²) < 4.78 is 16.8. The van der Waals surface area contributed by atoms with Gasteiger partial charge in [0.25, 0.3) is 0 Å². The van der Waals surface area contributed by atoms with Crippen molar-refractivity contribution in [2.45, 2.75) is 33.0 Å². The number of hydrogen-bond donors (Lipinski definition) is 0. The van der Waals surface area contributed by atoms with Crippen molar-refractivity contribution in [2.24, 2.45) is 0 Å². The summed E-state index contributed by atoms with van der Waals surface area (Å²) >= 11 is 0. The fourth-order valence-electron chi connectivity index (χ4n) is 1.50. The van der Waals surface area contributed by atoms with E-state index in [1.165, 1.54) is 4.68 Å². The summed E-state index contributed by atoms with van der Waals surface area (Å²) in [4.78, 5) is 11.4. The molecule has 1 heterocycles. The average Bonchev–Trinajstić information content (AvgIpc) is 2.87. The van der Waals surface area contributed by atoms with Gasteiger partial charge in [-0.2, -0.15) is 0 Å². The predicted octanol–water partition coefficient (Wildman–Crippen LogP) is 0.623. The lowest BCUT2D eigenvalue weighted by Crippen LogP contribution is -2.28. The molecule has 0 amide bonds. The Morgan fingerprint density at radius 1 is 1.20 bits per heavy atom. The van der Waals surface area contributed by atoms with Crippen LogP contribution < -0.4 is 5.43 Å². The third-order valence-corrected chi connectivity index (χ3v) is 2.77. The zero-order chi connectivity index (χ0) is 15.1. The van der Waals surface area contributed by atoms with Gasteiger partial charge in [-0.3, -0.25) is 0 Å². The van der Waals surface area contributed by atoms with Crippen LogP contribution in [-0.4, -0.2) is 48.2 Å². The molecule has 1 aromatic rings. The number of nitrogens with zero attached hydrogens (tertiary/aromatic N) is 4. The molecule has 0 unspecified atom stereocenters. The maximum atomic E-state index is 11.4. The Hall–Kier alpha value is -1.51. The van der Waals surface area contributed by atoms with Crippen LogP contribution in [0.5, 0.6) is 0 Å². The number of carbonyl (C=O) groups is 1. The summed E-state index contributed by atoms with van der Waals surface area (Å²) in [5, 5.41) is 8.08. The van der Waals surface area contributed by atoms with Crippen molar-refractivity contribution in [3.63, 3.8) is 0 Å². The molecule has 112 valence electrons. The van der Waals surface area contributed by atoms with Crippen LogP contribution in [0.15, 0.2) is 0 Å². The molecule has 0 saturated carbocycles. The van der Waals surface area contributed by atoms with E-state index in [-0.39, 0.29) is 18.8 Å². The number of esters is 1. The van der Waals surface area contributed by atoms with Crippen molar-refractivity contribution in [1.29, 1.82) is 0 Å². The van der Waals surface area contributed by atoms with Gasteiger partial charge in [0.1, 0.15) is 12.2 Å². The van der Waals surface area contributed by atoms with Gasteiger partial charge in [0.15, 0.2) is 0 Å². The molecule has 0 aliphatic carbocycles. The van der Waals surface area contributed by atoms with Crippen molar-refractivity contribution < 1.29 is 19.0 Å². The van der Waals surface area contributed by atoms with Gasteiger partial charge in [0.2, 0.25) is 17.1 Å². The first kappa shape index (κ1) is 16.5. The Balaban J connectivity index is 2.93. The van der Waals surface area contributed by atoms with Crippen LogP contribution in [0.3, 0.4) is 0 Å². The average molecular weight is 285 g/mol. The van der Waals surface area contributed by atoms with E-state index in [1.54, 1.807) is 21.1 Å². The SMILES string of the molecule is CCOC(=O)C[N+]n1c([C@H](C)OC)nnc1[C@H](C)OC. The predicted molar refractivity (Wildman–Crippen MR) is 69.9 cm³/mol. The van der Waals surface area contributed by atoms with Crippen LogP contribution >= 0.6 is 0 Å². The molecular weight excluding hydrogens is 264 g/mol. The second-order valence-electron chi connectivity index (χ2n) is 4.09. The smallest absolute Gasteiger partial charge is 0.377 e. The van der Waals surface area contributed by atoms with Crippen LogP contribution in [0.4, 0.5) is 0 Å². The number of ether oxygens (including phenoxy) is 3. The summed E-state index contributed by atoms with van der Waals surface area (Å²) in [6.45, 7) is 5.59. The van der Waals surface area contributed by atoms with Gasteiger partial charge < -0.3 is 14.2 Å². The van der Waals surface area contributed by atoms with Gasteiger partial charge in [-0.25, -0.2) is 4.79 Å². The molecule has 0 N–H and O–H groups in total. The minimum atomic E-state index is -0.409. The minimum absolute atomic E-state index is 0.112. The third-order valence-electron chi connectivity index (χ3n) is 2.77. The Morgan fingerprint density at radius 2 is 1.70 bits per heavy atom. The molecule has 0 fully saturated rings. The lowest BCUT2D eigenvalue weighted by molar-refractivity contribution is -0.142. The Morgan fingerprint density at radius 3 is 2.10 bits per heavy atom.